The number of thiophene rings is 1. The average molecular weight is 516 g/mol. The van der Waals surface area contributed by atoms with Gasteiger partial charge >= 0.3 is 0 Å². The molecule has 2 aromatic carbocycles. The molecule has 2 aliphatic heterocycles. The number of hydrogen-bond acceptors (Lipinski definition) is 4. The molecule has 1 aromatic heterocycles. The van der Waals surface area contributed by atoms with Crippen LogP contribution in [0.5, 0.6) is 0 Å². The van der Waals surface area contributed by atoms with Crippen LogP contribution in [0.1, 0.15) is 58.9 Å². The number of hydrogen-bond donors (Lipinski definition) is 0. The summed E-state index contributed by atoms with van der Waals surface area (Å²) in [7, 11) is 0. The highest BCUT2D eigenvalue weighted by Gasteiger charge is 2.32. The summed E-state index contributed by atoms with van der Waals surface area (Å²) in [6, 6.07) is 21.1. The zero-order chi connectivity index (χ0) is 25.8. The van der Waals surface area contributed by atoms with Crippen LogP contribution in [0.25, 0.3) is 0 Å². The van der Waals surface area contributed by atoms with Crippen molar-refractivity contribution in [1.29, 1.82) is 0 Å². The van der Waals surface area contributed by atoms with Crippen LogP contribution in [-0.2, 0) is 16.0 Å². The topological polar surface area (TPSA) is 43.9 Å². The van der Waals surface area contributed by atoms with Crippen LogP contribution in [0.15, 0.2) is 66.0 Å². The fourth-order valence-corrected chi connectivity index (χ4v) is 6.80. The molecule has 3 heterocycles. The Morgan fingerprint density at radius 3 is 2.32 bits per heavy atom. The molecule has 3 aromatic rings. The highest BCUT2D eigenvalue weighted by molar-refractivity contribution is 7.10. The quantitative estimate of drug-likeness (QED) is 0.431. The summed E-state index contributed by atoms with van der Waals surface area (Å²) in [4.78, 5) is 34.3. The summed E-state index contributed by atoms with van der Waals surface area (Å²) in [6.45, 7) is 8.43. The molecule has 0 aliphatic carbocycles. The van der Waals surface area contributed by atoms with Crippen LogP contribution >= 0.6 is 11.3 Å². The van der Waals surface area contributed by atoms with Gasteiger partial charge in [-0.3, -0.25) is 14.5 Å². The van der Waals surface area contributed by atoms with Crippen LogP contribution in [0.3, 0.4) is 0 Å². The standard InChI is InChI=1S/C31H37N3O2S/c1-3-25(24-10-5-4-6-11-24)31(36)34-20-18-32(19-21-34)29(35)14-17-33-16-13-28-27(15-22-37-28)30(33)26-12-8-7-9-23(26)2/h4-12,15,22,25,30H,3,13-14,16-21H2,1-2H3/t25-,30-/m1/s1. The smallest absolute Gasteiger partial charge is 0.230 e. The van der Waals surface area contributed by atoms with Crippen LogP contribution < -0.4 is 0 Å². The molecule has 5 nitrogen and oxygen atoms in total. The monoisotopic (exact) mass is 515 g/mol. The molecule has 0 N–H and O–H groups in total. The number of benzene rings is 2. The van der Waals surface area contributed by atoms with Gasteiger partial charge in [-0.25, -0.2) is 0 Å². The van der Waals surface area contributed by atoms with Gasteiger partial charge in [-0.05, 0) is 53.5 Å². The number of amides is 2. The highest BCUT2D eigenvalue weighted by Crippen LogP contribution is 2.39. The lowest BCUT2D eigenvalue weighted by molar-refractivity contribution is -0.140. The van der Waals surface area contributed by atoms with E-state index >= 15 is 0 Å². The van der Waals surface area contributed by atoms with Gasteiger partial charge in [0, 0.05) is 50.6 Å². The number of piperazine rings is 1. The fraction of sp³-hybridized carbons (Fsp3) is 0.419. The van der Waals surface area contributed by atoms with Gasteiger partial charge in [0.15, 0.2) is 0 Å². The molecule has 0 unspecified atom stereocenters. The Kier molecular flexibility index (Phi) is 8.06. The van der Waals surface area contributed by atoms with E-state index in [-0.39, 0.29) is 23.8 Å². The molecule has 194 valence electrons. The normalized spacial score (nSPS) is 18.9. The van der Waals surface area contributed by atoms with Crippen molar-refractivity contribution in [2.75, 3.05) is 39.3 Å². The van der Waals surface area contributed by atoms with E-state index in [2.05, 4.69) is 54.5 Å². The van der Waals surface area contributed by atoms with Crippen LogP contribution in [0, 0.1) is 6.92 Å². The van der Waals surface area contributed by atoms with Crippen molar-refractivity contribution in [3.8, 4) is 0 Å². The third-order valence-corrected chi connectivity index (χ3v) is 9.01. The van der Waals surface area contributed by atoms with E-state index in [1.165, 1.54) is 21.6 Å². The molecular weight excluding hydrogens is 478 g/mol. The molecule has 6 heteroatoms. The third-order valence-electron chi connectivity index (χ3n) is 8.01. The zero-order valence-corrected chi connectivity index (χ0v) is 22.8. The molecule has 37 heavy (non-hydrogen) atoms. The van der Waals surface area contributed by atoms with Crippen molar-refractivity contribution in [1.82, 2.24) is 14.7 Å². The minimum absolute atomic E-state index is 0.108. The lowest BCUT2D eigenvalue weighted by Crippen LogP contribution is -2.52. The first-order chi connectivity index (χ1) is 18.1. The van der Waals surface area contributed by atoms with E-state index in [0.29, 0.717) is 32.6 Å². The van der Waals surface area contributed by atoms with Crippen molar-refractivity contribution in [2.24, 2.45) is 0 Å². The van der Waals surface area contributed by atoms with E-state index in [1.54, 1.807) is 0 Å². The largest absolute Gasteiger partial charge is 0.339 e. The Balaban J connectivity index is 1.19. The first-order valence-corrected chi connectivity index (χ1v) is 14.4. The number of carbonyl (C=O) groups excluding carboxylic acids is 2. The lowest BCUT2D eigenvalue weighted by atomic mass is 9.90. The van der Waals surface area contributed by atoms with Crippen LogP contribution in [0.2, 0.25) is 0 Å². The molecule has 2 aliphatic rings. The molecule has 2 amide bonds. The van der Waals surface area contributed by atoms with Gasteiger partial charge in [-0.1, -0.05) is 61.5 Å². The Hall–Kier alpha value is -2.96. The Labute approximate surface area is 224 Å². The van der Waals surface area contributed by atoms with Crippen molar-refractivity contribution >= 4 is 23.2 Å². The highest BCUT2D eigenvalue weighted by atomic mass is 32.1. The summed E-state index contributed by atoms with van der Waals surface area (Å²) < 4.78 is 0. The van der Waals surface area contributed by atoms with Gasteiger partial charge in [0.1, 0.15) is 0 Å². The van der Waals surface area contributed by atoms with Crippen molar-refractivity contribution in [2.45, 2.75) is 45.1 Å². The van der Waals surface area contributed by atoms with E-state index in [4.69, 9.17) is 0 Å². The Morgan fingerprint density at radius 1 is 0.892 bits per heavy atom. The second kappa shape index (κ2) is 11.6. The first-order valence-electron chi connectivity index (χ1n) is 13.5. The lowest BCUT2D eigenvalue weighted by Gasteiger charge is -2.38. The number of rotatable bonds is 7. The van der Waals surface area contributed by atoms with Crippen LogP contribution in [-0.4, -0.2) is 65.8 Å². The number of fused-ring (bicyclic) bond motifs is 1. The predicted molar refractivity (Wildman–Crippen MR) is 150 cm³/mol. The zero-order valence-electron chi connectivity index (χ0n) is 21.9. The maximum absolute atomic E-state index is 13.2. The molecule has 1 saturated heterocycles. The van der Waals surface area contributed by atoms with E-state index in [9.17, 15) is 9.59 Å². The second-order valence-corrected chi connectivity index (χ2v) is 11.2. The first kappa shape index (κ1) is 25.7. The molecule has 0 bridgehead atoms. The average Bonchev–Trinajstić information content (AvgIpc) is 3.42. The maximum atomic E-state index is 13.2. The predicted octanol–water partition coefficient (Wildman–Crippen LogP) is 5.26. The summed E-state index contributed by atoms with van der Waals surface area (Å²) in [6.07, 6.45) is 2.34. The minimum Gasteiger partial charge on any atom is -0.339 e. The molecular formula is C31H37N3O2S. The fourth-order valence-electron chi connectivity index (χ4n) is 5.90. The van der Waals surface area contributed by atoms with Gasteiger partial charge in [0.2, 0.25) is 11.8 Å². The van der Waals surface area contributed by atoms with E-state index in [1.807, 2.05) is 51.5 Å². The van der Waals surface area contributed by atoms with Gasteiger partial charge in [0.05, 0.1) is 12.0 Å². The van der Waals surface area contributed by atoms with Crippen molar-refractivity contribution in [3.05, 3.63) is 93.2 Å². The molecule has 0 saturated carbocycles. The molecule has 2 atom stereocenters. The molecule has 0 radical (unpaired) electrons. The number of carbonyl (C=O) groups is 2. The van der Waals surface area contributed by atoms with E-state index in [0.717, 1.165) is 31.5 Å². The van der Waals surface area contributed by atoms with Gasteiger partial charge < -0.3 is 9.80 Å². The summed E-state index contributed by atoms with van der Waals surface area (Å²) in [5, 5.41) is 2.20. The second-order valence-electron chi connectivity index (χ2n) is 10.2. The SMILES string of the molecule is CC[C@@H](C(=O)N1CCN(C(=O)CCN2CCc3sccc3[C@H]2c2ccccc2C)CC1)c1ccccc1. The minimum atomic E-state index is -0.108. The van der Waals surface area contributed by atoms with Gasteiger partial charge in [0.25, 0.3) is 0 Å². The van der Waals surface area contributed by atoms with Gasteiger partial charge in [-0.15, -0.1) is 11.3 Å². The number of nitrogens with zero attached hydrogens (tertiary/aromatic N) is 3. The van der Waals surface area contributed by atoms with Crippen molar-refractivity contribution in [3.63, 3.8) is 0 Å². The molecule has 0 spiro atoms. The van der Waals surface area contributed by atoms with E-state index < -0.39 is 0 Å². The summed E-state index contributed by atoms with van der Waals surface area (Å²) >= 11 is 1.85. The number of aryl methyl sites for hydroxylation is 1. The summed E-state index contributed by atoms with van der Waals surface area (Å²) in [5.74, 6) is 0.270. The third kappa shape index (κ3) is 5.51. The Morgan fingerprint density at radius 2 is 1.59 bits per heavy atom. The van der Waals surface area contributed by atoms with Gasteiger partial charge in [-0.2, -0.15) is 0 Å². The maximum Gasteiger partial charge on any atom is 0.230 e. The van der Waals surface area contributed by atoms with Crippen molar-refractivity contribution < 1.29 is 9.59 Å². The molecule has 5 rings (SSSR count). The summed E-state index contributed by atoms with van der Waals surface area (Å²) in [5.41, 5.74) is 5.11. The molecule has 1 fully saturated rings. The van der Waals surface area contributed by atoms with Crippen LogP contribution in [0.4, 0.5) is 0 Å². The Bertz CT molecular complexity index is 1220.